The lowest BCUT2D eigenvalue weighted by atomic mass is 9.79. The molecule has 3 N–H and O–H groups in total. The molecule has 1 saturated carbocycles. The van der Waals surface area contributed by atoms with Gasteiger partial charge in [0.15, 0.2) is 0 Å². The molecule has 3 atom stereocenters. The fraction of sp³-hybridized carbons (Fsp3) is 0.571. The maximum atomic E-state index is 13.5. The number of nitrogens with two attached hydrogens (primary N) is 1. The van der Waals surface area contributed by atoms with Gasteiger partial charge in [0.25, 0.3) is 0 Å². The van der Waals surface area contributed by atoms with E-state index in [1.807, 2.05) is 22.6 Å². The van der Waals surface area contributed by atoms with E-state index in [9.17, 15) is 4.39 Å². The van der Waals surface area contributed by atoms with Crippen molar-refractivity contribution in [3.8, 4) is 0 Å². The van der Waals surface area contributed by atoms with Crippen molar-refractivity contribution < 1.29 is 4.39 Å². The molecule has 1 fully saturated rings. The maximum Gasteiger partial charge on any atom is 0.138 e. The van der Waals surface area contributed by atoms with Crippen LogP contribution in [0.2, 0.25) is 0 Å². The highest BCUT2D eigenvalue weighted by atomic mass is 127. The highest BCUT2D eigenvalue weighted by Crippen LogP contribution is 2.33. The van der Waals surface area contributed by atoms with Crippen molar-refractivity contribution in [2.75, 3.05) is 11.1 Å². The predicted octanol–water partition coefficient (Wildman–Crippen LogP) is 4.25. The highest BCUT2D eigenvalue weighted by molar-refractivity contribution is 14.1. The number of nitrogens with one attached hydrogen (secondary N) is 1. The zero-order valence-electron chi connectivity index (χ0n) is 10.8. The first-order valence-electron chi connectivity index (χ1n) is 6.48. The quantitative estimate of drug-likeness (QED) is 0.610. The largest absolute Gasteiger partial charge is 0.397 e. The monoisotopic (exact) mass is 362 g/mol. The molecule has 0 aromatic heterocycles. The summed E-state index contributed by atoms with van der Waals surface area (Å²) in [5.74, 6) is 1.30. The second kappa shape index (κ2) is 5.63. The summed E-state index contributed by atoms with van der Waals surface area (Å²) in [5.41, 5.74) is 7.30. The lowest BCUT2D eigenvalue weighted by molar-refractivity contribution is 0.261. The molecule has 1 aromatic carbocycles. The molecule has 18 heavy (non-hydrogen) atoms. The Balaban J connectivity index is 2.08. The van der Waals surface area contributed by atoms with E-state index in [0.717, 1.165) is 24.4 Å². The second-order valence-corrected chi connectivity index (χ2v) is 6.62. The van der Waals surface area contributed by atoms with E-state index in [1.165, 1.54) is 12.5 Å². The van der Waals surface area contributed by atoms with Gasteiger partial charge in [0, 0.05) is 12.1 Å². The van der Waals surface area contributed by atoms with E-state index in [2.05, 4.69) is 19.2 Å². The molecule has 4 heteroatoms. The molecule has 0 aliphatic heterocycles. The summed E-state index contributed by atoms with van der Waals surface area (Å²) in [7, 11) is 0. The number of anilines is 2. The van der Waals surface area contributed by atoms with Gasteiger partial charge >= 0.3 is 0 Å². The number of hydrogen-bond donors (Lipinski definition) is 2. The SMILES string of the molecule is CC1CCC(Nc2cc(F)c(I)cc2N)CC1C. The third-order valence-electron chi connectivity index (χ3n) is 4.05. The van der Waals surface area contributed by atoms with Crippen LogP contribution in [0.5, 0.6) is 0 Å². The highest BCUT2D eigenvalue weighted by Gasteiger charge is 2.24. The molecule has 0 saturated heterocycles. The Bertz CT molecular complexity index is 436. The van der Waals surface area contributed by atoms with Gasteiger partial charge in [0.05, 0.1) is 14.9 Å². The van der Waals surface area contributed by atoms with Gasteiger partial charge in [-0.3, -0.25) is 0 Å². The molecule has 3 unspecified atom stereocenters. The normalized spacial score (nSPS) is 28.1. The number of rotatable bonds is 2. The topological polar surface area (TPSA) is 38.0 Å². The molecule has 0 heterocycles. The van der Waals surface area contributed by atoms with Gasteiger partial charge in [-0.25, -0.2) is 4.39 Å². The summed E-state index contributed by atoms with van der Waals surface area (Å²) >= 11 is 1.96. The average Bonchev–Trinajstić information content (AvgIpc) is 2.31. The van der Waals surface area contributed by atoms with E-state index in [4.69, 9.17) is 5.73 Å². The zero-order chi connectivity index (χ0) is 13.3. The predicted molar refractivity (Wildman–Crippen MR) is 83.1 cm³/mol. The van der Waals surface area contributed by atoms with Crippen molar-refractivity contribution in [3.05, 3.63) is 21.5 Å². The Labute approximate surface area is 122 Å². The summed E-state index contributed by atoms with van der Waals surface area (Å²) in [5, 5.41) is 3.40. The standard InChI is InChI=1S/C14H20FIN2/c1-8-3-4-10(5-9(8)2)18-14-6-11(15)12(16)7-13(14)17/h6-10,18H,3-5,17H2,1-2H3. The van der Waals surface area contributed by atoms with Gasteiger partial charge in [-0.15, -0.1) is 0 Å². The lowest BCUT2D eigenvalue weighted by Gasteiger charge is -2.33. The molecule has 1 aromatic rings. The van der Waals surface area contributed by atoms with Gasteiger partial charge < -0.3 is 11.1 Å². The molecule has 2 rings (SSSR count). The van der Waals surface area contributed by atoms with Crippen LogP contribution < -0.4 is 11.1 Å². The van der Waals surface area contributed by atoms with Crippen LogP contribution in [0.1, 0.15) is 33.1 Å². The van der Waals surface area contributed by atoms with Gasteiger partial charge in [-0.05, 0) is 59.8 Å². The van der Waals surface area contributed by atoms with Crippen LogP contribution in [0.3, 0.4) is 0 Å². The lowest BCUT2D eigenvalue weighted by Crippen LogP contribution is -2.30. The summed E-state index contributed by atoms with van der Waals surface area (Å²) in [4.78, 5) is 0. The Morgan fingerprint density at radius 1 is 1.28 bits per heavy atom. The minimum absolute atomic E-state index is 0.204. The van der Waals surface area contributed by atoms with Crippen molar-refractivity contribution in [1.82, 2.24) is 0 Å². The molecule has 0 spiro atoms. The van der Waals surface area contributed by atoms with Gasteiger partial charge in [-0.2, -0.15) is 0 Å². The van der Waals surface area contributed by atoms with Crippen LogP contribution in [-0.4, -0.2) is 6.04 Å². The Morgan fingerprint density at radius 3 is 2.67 bits per heavy atom. The molecule has 1 aliphatic carbocycles. The number of halogens is 2. The van der Waals surface area contributed by atoms with Crippen molar-refractivity contribution in [2.24, 2.45) is 11.8 Å². The fourth-order valence-corrected chi connectivity index (χ4v) is 3.08. The molecule has 0 amide bonds. The Kier molecular flexibility index (Phi) is 4.35. The summed E-state index contributed by atoms with van der Waals surface area (Å²) in [6, 6.07) is 3.62. The van der Waals surface area contributed by atoms with E-state index in [0.29, 0.717) is 21.2 Å². The first-order chi connectivity index (χ1) is 8.47. The third-order valence-corrected chi connectivity index (χ3v) is 4.88. The van der Waals surface area contributed by atoms with Crippen LogP contribution in [0, 0.1) is 21.2 Å². The minimum Gasteiger partial charge on any atom is -0.397 e. The summed E-state index contributed by atoms with van der Waals surface area (Å²) in [6.07, 6.45) is 3.50. The average molecular weight is 362 g/mol. The van der Waals surface area contributed by atoms with Gasteiger partial charge in [0.2, 0.25) is 0 Å². The summed E-state index contributed by atoms with van der Waals surface area (Å²) < 4.78 is 14.1. The van der Waals surface area contributed by atoms with E-state index in [-0.39, 0.29) is 5.82 Å². The van der Waals surface area contributed by atoms with Crippen LogP contribution in [0.15, 0.2) is 12.1 Å². The van der Waals surface area contributed by atoms with Gasteiger partial charge in [0.1, 0.15) is 5.82 Å². The fourth-order valence-electron chi connectivity index (χ4n) is 2.59. The van der Waals surface area contributed by atoms with Crippen molar-refractivity contribution >= 4 is 34.0 Å². The van der Waals surface area contributed by atoms with Gasteiger partial charge in [-0.1, -0.05) is 13.8 Å². The Morgan fingerprint density at radius 2 is 2.00 bits per heavy atom. The number of nitrogen functional groups attached to an aromatic ring is 1. The maximum absolute atomic E-state index is 13.5. The zero-order valence-corrected chi connectivity index (χ0v) is 13.0. The molecular weight excluding hydrogens is 342 g/mol. The van der Waals surface area contributed by atoms with Crippen molar-refractivity contribution in [2.45, 2.75) is 39.2 Å². The summed E-state index contributed by atoms with van der Waals surface area (Å²) in [6.45, 7) is 4.59. The van der Waals surface area contributed by atoms with Crippen molar-refractivity contribution in [3.63, 3.8) is 0 Å². The second-order valence-electron chi connectivity index (χ2n) is 5.46. The van der Waals surface area contributed by atoms with Crippen LogP contribution in [0.25, 0.3) is 0 Å². The number of benzene rings is 1. The van der Waals surface area contributed by atoms with Crippen LogP contribution in [-0.2, 0) is 0 Å². The van der Waals surface area contributed by atoms with Crippen molar-refractivity contribution in [1.29, 1.82) is 0 Å². The minimum atomic E-state index is -0.204. The first kappa shape index (κ1) is 13.9. The Hall–Kier alpha value is -0.520. The van der Waals surface area contributed by atoms with E-state index >= 15 is 0 Å². The van der Waals surface area contributed by atoms with Crippen LogP contribution in [0.4, 0.5) is 15.8 Å². The molecule has 0 bridgehead atoms. The smallest absolute Gasteiger partial charge is 0.138 e. The van der Waals surface area contributed by atoms with E-state index < -0.39 is 0 Å². The van der Waals surface area contributed by atoms with Crippen LogP contribution >= 0.6 is 22.6 Å². The molecular formula is C14H20FIN2. The molecule has 2 nitrogen and oxygen atoms in total. The molecule has 0 radical (unpaired) electrons. The first-order valence-corrected chi connectivity index (χ1v) is 7.56. The molecule has 100 valence electrons. The molecule has 1 aliphatic rings. The third kappa shape index (κ3) is 3.08. The van der Waals surface area contributed by atoms with E-state index in [1.54, 1.807) is 6.07 Å². The number of hydrogen-bond acceptors (Lipinski definition) is 2.